The molecule has 0 unspecified atom stereocenters. The third kappa shape index (κ3) is 5.56. The molecule has 2 N–H and O–H groups in total. The number of hydrogen-bond acceptors (Lipinski definition) is 5. The number of rotatable bonds is 8. The Bertz CT molecular complexity index is 1180. The number of sulfonamides is 1. The Kier molecular flexibility index (Phi) is 7.86. The van der Waals surface area contributed by atoms with Gasteiger partial charge in [-0.15, -0.1) is 0 Å². The topological polar surface area (TPSA) is 103 Å². The van der Waals surface area contributed by atoms with Gasteiger partial charge in [0, 0.05) is 24.2 Å². The van der Waals surface area contributed by atoms with E-state index in [1.165, 1.54) is 17.8 Å². The maximum absolute atomic E-state index is 13.2. The van der Waals surface area contributed by atoms with E-state index in [0.717, 1.165) is 31.2 Å². The second-order valence-corrected chi connectivity index (χ2v) is 11.2. The molecule has 0 atom stereocenters. The molecule has 35 heavy (non-hydrogen) atoms. The zero-order chi connectivity index (χ0) is 25.0. The van der Waals surface area contributed by atoms with Crippen LogP contribution in [0, 0.1) is 5.41 Å². The van der Waals surface area contributed by atoms with Crippen molar-refractivity contribution in [1.29, 1.82) is 5.41 Å². The number of benzene rings is 2. The van der Waals surface area contributed by atoms with Crippen molar-refractivity contribution in [3.05, 3.63) is 58.6 Å². The first-order valence-corrected chi connectivity index (χ1v) is 13.7. The summed E-state index contributed by atoms with van der Waals surface area (Å²) in [5, 5.41) is 11.8. The molecule has 1 aliphatic carbocycles. The molecule has 0 spiro atoms. The van der Waals surface area contributed by atoms with Crippen molar-refractivity contribution in [3.8, 4) is 5.75 Å². The van der Waals surface area contributed by atoms with E-state index in [1.54, 1.807) is 42.5 Å². The molecule has 2 aliphatic rings. The highest BCUT2D eigenvalue weighted by molar-refractivity contribution is 7.89. The van der Waals surface area contributed by atoms with Gasteiger partial charge in [-0.25, -0.2) is 12.7 Å². The monoisotopic (exact) mass is 518 g/mol. The first kappa shape index (κ1) is 25.3. The summed E-state index contributed by atoms with van der Waals surface area (Å²) in [4.78, 5) is 14.6. The molecule has 2 fully saturated rings. The highest BCUT2D eigenvalue weighted by atomic mass is 35.5. The SMILES string of the molecule is COc1ccc(Cl)cc1C(=O)NCCc1ccc(S(=O)(=O)N2CCN(C3CCCCC3)C2=N)cc1. The summed E-state index contributed by atoms with van der Waals surface area (Å²) in [5.41, 5.74) is 1.25. The lowest BCUT2D eigenvalue weighted by Crippen LogP contribution is -2.42. The Morgan fingerprint density at radius 1 is 1.11 bits per heavy atom. The molecule has 0 radical (unpaired) electrons. The van der Waals surface area contributed by atoms with Crippen LogP contribution in [0.15, 0.2) is 47.4 Å². The molecule has 10 heteroatoms. The molecule has 2 aromatic rings. The smallest absolute Gasteiger partial charge is 0.266 e. The number of methoxy groups -OCH3 is 1. The molecule has 1 saturated heterocycles. The van der Waals surface area contributed by atoms with Crippen LogP contribution in [-0.4, -0.2) is 62.3 Å². The Balaban J connectivity index is 1.35. The van der Waals surface area contributed by atoms with E-state index in [1.807, 2.05) is 4.90 Å². The van der Waals surface area contributed by atoms with Crippen LogP contribution in [0.4, 0.5) is 0 Å². The van der Waals surface area contributed by atoms with Crippen molar-refractivity contribution in [2.24, 2.45) is 0 Å². The lowest BCUT2D eigenvalue weighted by molar-refractivity contribution is 0.0951. The Morgan fingerprint density at radius 2 is 1.83 bits per heavy atom. The van der Waals surface area contributed by atoms with E-state index >= 15 is 0 Å². The van der Waals surface area contributed by atoms with Gasteiger partial charge < -0.3 is 15.0 Å². The van der Waals surface area contributed by atoms with E-state index < -0.39 is 10.0 Å². The first-order chi connectivity index (χ1) is 16.8. The van der Waals surface area contributed by atoms with Crippen LogP contribution in [0.2, 0.25) is 5.02 Å². The molecule has 188 valence electrons. The predicted molar refractivity (Wildman–Crippen MR) is 136 cm³/mol. The number of carbonyl (C=O) groups excluding carboxylic acids is 1. The highest BCUT2D eigenvalue weighted by Crippen LogP contribution is 2.28. The van der Waals surface area contributed by atoms with Crippen LogP contribution < -0.4 is 10.1 Å². The van der Waals surface area contributed by atoms with Crippen molar-refractivity contribution < 1.29 is 17.9 Å². The summed E-state index contributed by atoms with van der Waals surface area (Å²) in [6.45, 7) is 1.24. The largest absolute Gasteiger partial charge is 0.496 e. The van der Waals surface area contributed by atoms with Crippen molar-refractivity contribution in [3.63, 3.8) is 0 Å². The van der Waals surface area contributed by atoms with Crippen LogP contribution >= 0.6 is 11.6 Å². The molecule has 1 heterocycles. The van der Waals surface area contributed by atoms with Crippen LogP contribution in [0.25, 0.3) is 0 Å². The van der Waals surface area contributed by atoms with Crippen molar-refractivity contribution in [1.82, 2.24) is 14.5 Å². The van der Waals surface area contributed by atoms with Gasteiger partial charge in [0.1, 0.15) is 5.75 Å². The average molecular weight is 519 g/mol. The van der Waals surface area contributed by atoms with Crippen LogP contribution in [0.3, 0.4) is 0 Å². The summed E-state index contributed by atoms with van der Waals surface area (Å²) in [6.07, 6.45) is 6.05. The number of nitrogens with zero attached hydrogens (tertiary/aromatic N) is 2. The number of guanidine groups is 1. The van der Waals surface area contributed by atoms with Crippen molar-refractivity contribution >= 4 is 33.5 Å². The molecule has 0 bridgehead atoms. The van der Waals surface area contributed by atoms with E-state index in [-0.39, 0.29) is 22.8 Å². The molecule has 0 aromatic heterocycles. The highest BCUT2D eigenvalue weighted by Gasteiger charge is 2.38. The number of halogens is 1. The minimum Gasteiger partial charge on any atom is -0.496 e. The summed E-state index contributed by atoms with van der Waals surface area (Å²) in [7, 11) is -2.29. The third-order valence-corrected chi connectivity index (χ3v) is 8.72. The summed E-state index contributed by atoms with van der Waals surface area (Å²) < 4.78 is 32.9. The summed E-state index contributed by atoms with van der Waals surface area (Å²) in [5.74, 6) is 0.231. The maximum Gasteiger partial charge on any atom is 0.266 e. The Morgan fingerprint density at radius 3 is 2.51 bits per heavy atom. The van der Waals surface area contributed by atoms with Gasteiger partial charge in [-0.3, -0.25) is 10.2 Å². The van der Waals surface area contributed by atoms with Gasteiger partial charge in [-0.05, 0) is 55.2 Å². The zero-order valence-corrected chi connectivity index (χ0v) is 21.4. The van der Waals surface area contributed by atoms with Gasteiger partial charge in [0.25, 0.3) is 15.9 Å². The second kappa shape index (κ2) is 10.9. The van der Waals surface area contributed by atoms with Crippen LogP contribution in [0.5, 0.6) is 5.75 Å². The van der Waals surface area contributed by atoms with E-state index in [2.05, 4.69) is 5.32 Å². The number of ether oxygens (including phenoxy) is 1. The lowest BCUT2D eigenvalue weighted by atomic mass is 9.94. The zero-order valence-electron chi connectivity index (χ0n) is 19.8. The molecule has 1 amide bonds. The van der Waals surface area contributed by atoms with Gasteiger partial charge in [-0.2, -0.15) is 0 Å². The maximum atomic E-state index is 13.2. The molecule has 2 aromatic carbocycles. The minimum absolute atomic E-state index is 0.0835. The second-order valence-electron chi connectivity index (χ2n) is 8.88. The van der Waals surface area contributed by atoms with Gasteiger partial charge in [0.05, 0.1) is 24.1 Å². The molecule has 8 nitrogen and oxygen atoms in total. The summed E-state index contributed by atoms with van der Waals surface area (Å²) >= 11 is 6.00. The van der Waals surface area contributed by atoms with E-state index in [9.17, 15) is 13.2 Å². The Hall–Kier alpha value is -2.78. The number of hydrogen-bond donors (Lipinski definition) is 2. The molecule has 1 saturated carbocycles. The molecule has 1 aliphatic heterocycles. The van der Waals surface area contributed by atoms with Crippen molar-refractivity contribution in [2.45, 2.75) is 49.5 Å². The Labute approximate surface area is 211 Å². The minimum atomic E-state index is -3.79. The van der Waals surface area contributed by atoms with Gasteiger partial charge in [-0.1, -0.05) is 43.0 Å². The van der Waals surface area contributed by atoms with E-state index in [4.69, 9.17) is 21.7 Å². The molecular weight excluding hydrogens is 488 g/mol. The fraction of sp³-hybridized carbons (Fsp3) is 0.440. The fourth-order valence-electron chi connectivity index (χ4n) is 4.76. The number of nitrogens with one attached hydrogen (secondary N) is 2. The first-order valence-electron chi connectivity index (χ1n) is 11.9. The average Bonchev–Trinajstić information content (AvgIpc) is 3.27. The summed E-state index contributed by atoms with van der Waals surface area (Å²) in [6, 6.07) is 11.8. The standard InChI is InChI=1S/C25H31ClN4O4S/c1-34-23-12-9-19(26)17-22(23)24(31)28-14-13-18-7-10-21(11-8-18)35(32,33)30-16-15-29(25(30)27)20-5-3-2-4-6-20/h7-12,17,20,27H,2-6,13-16H2,1H3,(H,28,31). The van der Waals surface area contributed by atoms with Crippen LogP contribution in [0.1, 0.15) is 48.0 Å². The fourth-order valence-corrected chi connectivity index (χ4v) is 6.33. The molecule has 4 rings (SSSR count). The van der Waals surface area contributed by atoms with E-state index in [0.29, 0.717) is 42.4 Å². The van der Waals surface area contributed by atoms with Crippen molar-refractivity contribution in [2.75, 3.05) is 26.7 Å². The predicted octanol–water partition coefficient (Wildman–Crippen LogP) is 3.89. The quantitative estimate of drug-likeness (QED) is 0.552. The molecular formula is C25H31ClN4O4S. The van der Waals surface area contributed by atoms with Gasteiger partial charge in [0.15, 0.2) is 0 Å². The van der Waals surface area contributed by atoms with Gasteiger partial charge in [0.2, 0.25) is 5.96 Å². The number of amides is 1. The number of carbonyl (C=O) groups is 1. The normalized spacial score (nSPS) is 17.0. The third-order valence-electron chi connectivity index (χ3n) is 6.68. The van der Waals surface area contributed by atoms with Gasteiger partial charge >= 0.3 is 0 Å². The lowest BCUT2D eigenvalue weighted by Gasteiger charge is -2.32. The van der Waals surface area contributed by atoms with Crippen LogP contribution in [-0.2, 0) is 16.4 Å².